The van der Waals surface area contributed by atoms with Crippen LogP contribution in [0.5, 0.6) is 0 Å². The second kappa shape index (κ2) is 5.60. The highest BCUT2D eigenvalue weighted by Crippen LogP contribution is 2.32. The molecular formula is C16H24NO3. The molecule has 0 spiro atoms. The molecule has 2 rings (SSSR count). The van der Waals surface area contributed by atoms with Gasteiger partial charge < -0.3 is 14.7 Å². The van der Waals surface area contributed by atoms with E-state index < -0.39 is 11.2 Å². The maximum absolute atomic E-state index is 12.0. The summed E-state index contributed by atoms with van der Waals surface area (Å²) in [6, 6.07) is 0. The number of hydrogen-bond donors (Lipinski definition) is 1. The number of likely N-dealkylation sites (tertiary alicyclic amines) is 1. The minimum atomic E-state index is -0.802. The van der Waals surface area contributed by atoms with Gasteiger partial charge in [-0.3, -0.25) is 0 Å². The van der Waals surface area contributed by atoms with Crippen molar-refractivity contribution in [3.63, 3.8) is 0 Å². The van der Waals surface area contributed by atoms with Crippen LogP contribution in [0, 0.1) is 6.42 Å². The summed E-state index contributed by atoms with van der Waals surface area (Å²) < 4.78 is 5.36. The van der Waals surface area contributed by atoms with Gasteiger partial charge in [-0.15, -0.1) is 0 Å². The Labute approximate surface area is 121 Å². The summed E-state index contributed by atoms with van der Waals surface area (Å²) in [5.41, 5.74) is -0.303. The highest BCUT2D eigenvalue weighted by atomic mass is 16.6. The molecule has 4 heteroatoms. The quantitative estimate of drug-likeness (QED) is 0.802. The number of amides is 1. The summed E-state index contributed by atoms with van der Waals surface area (Å²) >= 11 is 0. The van der Waals surface area contributed by atoms with Gasteiger partial charge in [-0.1, -0.05) is 18.2 Å². The molecule has 1 aliphatic heterocycles. The lowest BCUT2D eigenvalue weighted by Crippen LogP contribution is -2.48. The van der Waals surface area contributed by atoms with Crippen LogP contribution in [0.4, 0.5) is 4.79 Å². The highest BCUT2D eigenvalue weighted by Gasteiger charge is 2.37. The molecule has 111 valence electrons. The van der Waals surface area contributed by atoms with Crippen LogP contribution in [0.3, 0.4) is 0 Å². The minimum absolute atomic E-state index is 0.291. The molecule has 1 amide bonds. The largest absolute Gasteiger partial charge is 0.444 e. The number of allylic oxidation sites excluding steroid dienone is 2. The number of nitrogens with zero attached hydrogens (tertiary/aromatic N) is 1. The Hall–Kier alpha value is -1.29. The van der Waals surface area contributed by atoms with Crippen molar-refractivity contribution < 1.29 is 14.6 Å². The monoisotopic (exact) mass is 278 g/mol. The van der Waals surface area contributed by atoms with E-state index in [1.807, 2.05) is 32.9 Å². The summed E-state index contributed by atoms with van der Waals surface area (Å²) in [7, 11) is 0. The first kappa shape index (κ1) is 15.1. The van der Waals surface area contributed by atoms with Gasteiger partial charge in [0.05, 0.1) is 5.60 Å². The van der Waals surface area contributed by atoms with Crippen LogP contribution < -0.4 is 0 Å². The van der Waals surface area contributed by atoms with Gasteiger partial charge in [0.2, 0.25) is 0 Å². The lowest BCUT2D eigenvalue weighted by molar-refractivity contribution is -0.0120. The molecule has 4 nitrogen and oxygen atoms in total. The van der Waals surface area contributed by atoms with Gasteiger partial charge in [-0.25, -0.2) is 4.79 Å². The normalized spacial score (nSPS) is 22.4. The molecule has 0 aromatic heterocycles. The summed E-state index contributed by atoms with van der Waals surface area (Å²) in [6.07, 6.45) is 9.75. The molecule has 1 heterocycles. The van der Waals surface area contributed by atoms with Crippen molar-refractivity contribution in [2.75, 3.05) is 13.1 Å². The second-order valence-corrected chi connectivity index (χ2v) is 6.49. The Kier molecular flexibility index (Phi) is 4.23. The van der Waals surface area contributed by atoms with E-state index >= 15 is 0 Å². The van der Waals surface area contributed by atoms with Crippen molar-refractivity contribution in [1.29, 1.82) is 0 Å². The number of ether oxygens (including phenoxy) is 1. The molecule has 2 aliphatic rings. The van der Waals surface area contributed by atoms with Crippen LogP contribution in [0.2, 0.25) is 0 Å². The summed E-state index contributed by atoms with van der Waals surface area (Å²) in [4.78, 5) is 13.7. The summed E-state index contributed by atoms with van der Waals surface area (Å²) in [5, 5.41) is 10.7. The molecule has 1 N–H and O–H groups in total. The fourth-order valence-electron chi connectivity index (χ4n) is 2.53. The van der Waals surface area contributed by atoms with Gasteiger partial charge in [0.25, 0.3) is 0 Å². The Morgan fingerprint density at radius 1 is 1.35 bits per heavy atom. The third-order valence-corrected chi connectivity index (χ3v) is 3.67. The van der Waals surface area contributed by atoms with Crippen LogP contribution in [-0.4, -0.2) is 40.4 Å². The van der Waals surface area contributed by atoms with E-state index in [0.29, 0.717) is 25.9 Å². The molecule has 0 unspecified atom stereocenters. The van der Waals surface area contributed by atoms with Gasteiger partial charge in [0.1, 0.15) is 5.60 Å². The SMILES string of the molecule is CC(C)(C)OC(=O)N1CCC(O)(C2=CC[CH]C=C2)CC1. The van der Waals surface area contributed by atoms with Gasteiger partial charge >= 0.3 is 6.09 Å². The number of rotatable bonds is 1. The van der Waals surface area contributed by atoms with Gasteiger partial charge in [0.15, 0.2) is 0 Å². The topological polar surface area (TPSA) is 49.8 Å². The number of aliphatic hydroxyl groups is 1. The van der Waals surface area contributed by atoms with Crippen molar-refractivity contribution in [1.82, 2.24) is 4.90 Å². The Balaban J connectivity index is 1.93. The first-order chi connectivity index (χ1) is 9.30. The van der Waals surface area contributed by atoms with Crippen molar-refractivity contribution in [3.8, 4) is 0 Å². The third-order valence-electron chi connectivity index (χ3n) is 3.67. The molecule has 0 atom stereocenters. The van der Waals surface area contributed by atoms with Crippen molar-refractivity contribution in [2.24, 2.45) is 0 Å². The predicted octanol–water partition coefficient (Wildman–Crippen LogP) is 2.84. The lowest BCUT2D eigenvalue weighted by Gasteiger charge is -2.39. The van der Waals surface area contributed by atoms with Crippen LogP contribution in [0.1, 0.15) is 40.0 Å². The molecule has 1 radical (unpaired) electrons. The molecule has 1 fully saturated rings. The minimum Gasteiger partial charge on any atom is -0.444 e. The van der Waals surface area contributed by atoms with Crippen LogP contribution in [0.15, 0.2) is 23.8 Å². The molecule has 0 aromatic rings. The van der Waals surface area contributed by atoms with Gasteiger partial charge in [-0.2, -0.15) is 0 Å². The number of piperidine rings is 1. The Bertz CT molecular complexity index is 423. The van der Waals surface area contributed by atoms with Gasteiger partial charge in [0, 0.05) is 13.1 Å². The zero-order valence-electron chi connectivity index (χ0n) is 12.6. The van der Waals surface area contributed by atoms with Crippen molar-refractivity contribution in [2.45, 2.75) is 51.2 Å². The standard InChI is InChI=1S/C16H24NO3/c1-15(2,3)20-14(18)17-11-9-16(19,10-12-17)13-7-5-4-6-8-13/h4-5,7-8,19H,6,9-12H2,1-3H3. The Morgan fingerprint density at radius 2 is 2.00 bits per heavy atom. The van der Waals surface area contributed by atoms with Crippen LogP contribution >= 0.6 is 0 Å². The van der Waals surface area contributed by atoms with E-state index in [1.165, 1.54) is 0 Å². The van der Waals surface area contributed by atoms with Gasteiger partial charge in [-0.05, 0) is 52.0 Å². The lowest BCUT2D eigenvalue weighted by atomic mass is 9.82. The predicted molar refractivity (Wildman–Crippen MR) is 78.1 cm³/mol. The fraction of sp³-hybridized carbons (Fsp3) is 0.625. The maximum Gasteiger partial charge on any atom is 0.410 e. The van der Waals surface area contributed by atoms with Crippen molar-refractivity contribution in [3.05, 3.63) is 30.2 Å². The summed E-state index contributed by atoms with van der Waals surface area (Å²) in [5.74, 6) is 0. The second-order valence-electron chi connectivity index (χ2n) is 6.49. The third kappa shape index (κ3) is 3.63. The highest BCUT2D eigenvalue weighted by molar-refractivity contribution is 5.68. The van der Waals surface area contributed by atoms with E-state index in [4.69, 9.17) is 4.74 Å². The zero-order chi connectivity index (χ0) is 14.8. The van der Waals surface area contributed by atoms with Crippen molar-refractivity contribution >= 4 is 6.09 Å². The number of carbonyl (C=O) groups excluding carboxylic acids is 1. The van der Waals surface area contributed by atoms with E-state index in [9.17, 15) is 9.90 Å². The zero-order valence-corrected chi connectivity index (χ0v) is 12.6. The average Bonchev–Trinajstić information content (AvgIpc) is 2.38. The Morgan fingerprint density at radius 3 is 2.50 bits per heavy atom. The number of hydrogen-bond acceptors (Lipinski definition) is 3. The average molecular weight is 278 g/mol. The van der Waals surface area contributed by atoms with E-state index in [2.05, 4.69) is 12.5 Å². The first-order valence-corrected chi connectivity index (χ1v) is 7.21. The molecule has 1 aliphatic carbocycles. The molecule has 0 saturated carbocycles. The maximum atomic E-state index is 12.0. The van der Waals surface area contributed by atoms with E-state index in [1.54, 1.807) is 4.90 Å². The molecular weight excluding hydrogens is 254 g/mol. The summed E-state index contributed by atoms with van der Waals surface area (Å²) in [6.45, 7) is 6.64. The van der Waals surface area contributed by atoms with E-state index in [0.717, 1.165) is 12.0 Å². The fourth-order valence-corrected chi connectivity index (χ4v) is 2.53. The number of carbonyl (C=O) groups is 1. The molecule has 20 heavy (non-hydrogen) atoms. The van der Waals surface area contributed by atoms with Crippen LogP contribution in [0.25, 0.3) is 0 Å². The van der Waals surface area contributed by atoms with Crippen LogP contribution in [-0.2, 0) is 4.74 Å². The first-order valence-electron chi connectivity index (χ1n) is 7.21. The molecule has 1 saturated heterocycles. The molecule has 0 aromatic carbocycles. The smallest absolute Gasteiger partial charge is 0.410 e. The molecule has 0 bridgehead atoms. The van der Waals surface area contributed by atoms with E-state index in [-0.39, 0.29) is 6.09 Å².